The van der Waals surface area contributed by atoms with Crippen LogP contribution in [0.4, 0.5) is 0 Å². The lowest BCUT2D eigenvalue weighted by Crippen LogP contribution is -2.31. The first-order valence-electron chi connectivity index (χ1n) is 5.13. The van der Waals surface area contributed by atoms with Crippen molar-refractivity contribution < 1.29 is 22.8 Å². The number of hydrogen-bond donors (Lipinski definition) is 2. The van der Waals surface area contributed by atoms with Gasteiger partial charge in [-0.25, -0.2) is 0 Å². The van der Waals surface area contributed by atoms with Crippen molar-refractivity contribution in [2.24, 2.45) is 0 Å². The standard InChI is InChI=1S/C11H14O5S/c1-11(2)8-5-7(6-17(13,14)15)3-4-9(8)16-10(11)12/h3-5,10,12H,6H2,1-2H3,(H,13,14,15). The smallest absolute Gasteiger partial charge is 0.269 e. The molecule has 1 aromatic carbocycles. The zero-order chi connectivity index (χ0) is 12.8. The monoisotopic (exact) mass is 258 g/mol. The normalized spacial score (nSPS) is 22.0. The van der Waals surface area contributed by atoms with Crippen molar-refractivity contribution >= 4 is 10.1 Å². The van der Waals surface area contributed by atoms with Gasteiger partial charge >= 0.3 is 0 Å². The minimum Gasteiger partial charge on any atom is -0.464 e. The lowest BCUT2D eigenvalue weighted by Gasteiger charge is -2.20. The topological polar surface area (TPSA) is 83.8 Å². The summed E-state index contributed by atoms with van der Waals surface area (Å²) in [7, 11) is -4.05. The number of fused-ring (bicyclic) bond motifs is 1. The van der Waals surface area contributed by atoms with Crippen molar-refractivity contribution in [1.29, 1.82) is 0 Å². The van der Waals surface area contributed by atoms with E-state index < -0.39 is 27.6 Å². The molecule has 17 heavy (non-hydrogen) atoms. The molecule has 0 aromatic heterocycles. The molecule has 0 fully saturated rings. The fraction of sp³-hybridized carbons (Fsp3) is 0.455. The van der Waals surface area contributed by atoms with Crippen molar-refractivity contribution in [3.05, 3.63) is 29.3 Å². The first-order valence-corrected chi connectivity index (χ1v) is 6.74. The largest absolute Gasteiger partial charge is 0.464 e. The molecule has 1 heterocycles. The molecule has 1 atom stereocenters. The molecule has 1 unspecified atom stereocenters. The maximum absolute atomic E-state index is 10.8. The van der Waals surface area contributed by atoms with Gasteiger partial charge in [0, 0.05) is 5.56 Å². The minimum atomic E-state index is -4.05. The molecule has 0 radical (unpaired) electrons. The molecule has 1 aliphatic heterocycles. The summed E-state index contributed by atoms with van der Waals surface area (Å²) in [5, 5.41) is 9.71. The first kappa shape index (κ1) is 12.3. The van der Waals surface area contributed by atoms with E-state index in [9.17, 15) is 13.5 Å². The van der Waals surface area contributed by atoms with E-state index in [1.165, 1.54) is 0 Å². The zero-order valence-electron chi connectivity index (χ0n) is 9.54. The molecule has 2 rings (SSSR count). The highest BCUT2D eigenvalue weighted by atomic mass is 32.2. The number of aliphatic hydroxyl groups excluding tert-OH is 1. The van der Waals surface area contributed by atoms with Crippen LogP contribution < -0.4 is 4.74 Å². The summed E-state index contributed by atoms with van der Waals surface area (Å²) in [4.78, 5) is 0. The molecule has 1 aliphatic rings. The number of hydrogen-bond acceptors (Lipinski definition) is 4. The summed E-state index contributed by atoms with van der Waals surface area (Å²) >= 11 is 0. The highest BCUT2D eigenvalue weighted by Gasteiger charge is 2.40. The van der Waals surface area contributed by atoms with Gasteiger partial charge in [-0.3, -0.25) is 4.55 Å². The van der Waals surface area contributed by atoms with E-state index in [1.54, 1.807) is 32.0 Å². The lowest BCUT2D eigenvalue weighted by molar-refractivity contribution is -0.0450. The molecule has 0 bridgehead atoms. The van der Waals surface area contributed by atoms with E-state index >= 15 is 0 Å². The van der Waals surface area contributed by atoms with E-state index in [1.807, 2.05) is 0 Å². The Morgan fingerprint density at radius 1 is 1.41 bits per heavy atom. The Balaban J connectivity index is 2.42. The molecule has 0 aliphatic carbocycles. The third-order valence-corrected chi connectivity index (χ3v) is 3.64. The van der Waals surface area contributed by atoms with E-state index in [2.05, 4.69) is 0 Å². The quantitative estimate of drug-likeness (QED) is 0.775. The van der Waals surface area contributed by atoms with Gasteiger partial charge in [0.1, 0.15) is 11.5 Å². The van der Waals surface area contributed by atoms with Crippen LogP contribution in [0.15, 0.2) is 18.2 Å². The van der Waals surface area contributed by atoms with Crippen molar-refractivity contribution in [3.63, 3.8) is 0 Å². The van der Waals surface area contributed by atoms with Crippen LogP contribution in [0, 0.1) is 0 Å². The third kappa shape index (κ3) is 2.29. The van der Waals surface area contributed by atoms with E-state index in [4.69, 9.17) is 9.29 Å². The van der Waals surface area contributed by atoms with Crippen LogP contribution in [0.2, 0.25) is 0 Å². The van der Waals surface area contributed by atoms with Crippen LogP contribution in [0.5, 0.6) is 5.75 Å². The lowest BCUT2D eigenvalue weighted by atomic mass is 9.85. The van der Waals surface area contributed by atoms with E-state index in [0.29, 0.717) is 11.3 Å². The highest BCUT2D eigenvalue weighted by Crippen LogP contribution is 2.42. The van der Waals surface area contributed by atoms with Gasteiger partial charge in [-0.1, -0.05) is 12.1 Å². The molecular weight excluding hydrogens is 244 g/mol. The summed E-state index contributed by atoms with van der Waals surface area (Å²) in [5.41, 5.74) is 0.619. The Morgan fingerprint density at radius 2 is 2.06 bits per heavy atom. The summed E-state index contributed by atoms with van der Waals surface area (Å²) in [6, 6.07) is 4.80. The third-order valence-electron chi connectivity index (χ3n) is 2.94. The fourth-order valence-electron chi connectivity index (χ4n) is 1.88. The molecule has 6 heteroatoms. The minimum absolute atomic E-state index is 0.438. The van der Waals surface area contributed by atoms with Crippen LogP contribution in [0.1, 0.15) is 25.0 Å². The van der Waals surface area contributed by atoms with Gasteiger partial charge in [0.05, 0.1) is 5.41 Å². The molecular formula is C11H14O5S. The molecule has 0 amide bonds. The summed E-state index contributed by atoms with van der Waals surface area (Å²) in [6.45, 7) is 3.61. The number of rotatable bonds is 2. The van der Waals surface area contributed by atoms with E-state index in [-0.39, 0.29) is 0 Å². The van der Waals surface area contributed by atoms with Gasteiger partial charge in [0.15, 0.2) is 0 Å². The Morgan fingerprint density at radius 3 is 2.65 bits per heavy atom. The van der Waals surface area contributed by atoms with Crippen LogP contribution in [-0.2, 0) is 21.3 Å². The Kier molecular flexibility index (Phi) is 2.68. The fourth-order valence-corrected chi connectivity index (χ4v) is 2.49. The maximum atomic E-state index is 10.8. The zero-order valence-corrected chi connectivity index (χ0v) is 10.4. The van der Waals surface area contributed by atoms with Gasteiger partial charge in [-0.05, 0) is 25.5 Å². The van der Waals surface area contributed by atoms with Crippen LogP contribution >= 0.6 is 0 Å². The number of ether oxygens (including phenoxy) is 1. The SMILES string of the molecule is CC1(C)c2cc(CS(=O)(=O)O)ccc2OC1O. The van der Waals surface area contributed by atoms with Crippen molar-refractivity contribution in [1.82, 2.24) is 0 Å². The molecule has 0 spiro atoms. The van der Waals surface area contributed by atoms with Gasteiger partial charge in [0.2, 0.25) is 6.29 Å². The van der Waals surface area contributed by atoms with Crippen LogP contribution in [0.3, 0.4) is 0 Å². The molecule has 0 saturated heterocycles. The second-order valence-corrected chi connectivity index (χ2v) is 6.20. The first-order chi connectivity index (χ1) is 7.70. The van der Waals surface area contributed by atoms with Gasteiger partial charge < -0.3 is 9.84 Å². The van der Waals surface area contributed by atoms with Crippen molar-refractivity contribution in [2.45, 2.75) is 31.3 Å². The summed E-state index contributed by atoms with van der Waals surface area (Å²) in [5.74, 6) is 0.105. The number of aliphatic hydroxyl groups is 1. The Bertz CT molecular complexity index is 547. The highest BCUT2D eigenvalue weighted by molar-refractivity contribution is 7.85. The molecule has 0 saturated carbocycles. The number of benzene rings is 1. The molecule has 94 valence electrons. The summed E-state index contributed by atoms with van der Waals surface area (Å²) in [6.07, 6.45) is -0.946. The van der Waals surface area contributed by atoms with E-state index in [0.717, 1.165) is 5.56 Å². The predicted octanol–water partition coefficient (Wildman–Crippen LogP) is 1.06. The van der Waals surface area contributed by atoms with Gasteiger partial charge in [-0.2, -0.15) is 8.42 Å². The molecule has 1 aromatic rings. The van der Waals surface area contributed by atoms with Gasteiger partial charge in [0.25, 0.3) is 10.1 Å². The molecule has 5 nitrogen and oxygen atoms in total. The Labute approximate surface area is 99.8 Å². The molecule has 2 N–H and O–H groups in total. The second kappa shape index (κ2) is 3.69. The van der Waals surface area contributed by atoms with Crippen molar-refractivity contribution in [2.75, 3.05) is 0 Å². The predicted molar refractivity (Wildman–Crippen MR) is 61.4 cm³/mol. The summed E-state index contributed by atoms with van der Waals surface area (Å²) < 4.78 is 35.6. The Hall–Kier alpha value is -1.11. The average molecular weight is 258 g/mol. The average Bonchev–Trinajstić information content (AvgIpc) is 2.37. The van der Waals surface area contributed by atoms with Crippen molar-refractivity contribution in [3.8, 4) is 5.75 Å². The van der Waals surface area contributed by atoms with Crippen LogP contribution in [0.25, 0.3) is 0 Å². The van der Waals surface area contributed by atoms with Crippen LogP contribution in [-0.4, -0.2) is 24.4 Å². The second-order valence-electron chi connectivity index (χ2n) is 4.75. The maximum Gasteiger partial charge on any atom is 0.269 e. The van der Waals surface area contributed by atoms with Gasteiger partial charge in [-0.15, -0.1) is 0 Å².